The van der Waals surface area contributed by atoms with E-state index in [0.717, 1.165) is 31.6 Å². The molecule has 0 unspecified atom stereocenters. The van der Waals surface area contributed by atoms with Crippen LogP contribution in [0, 0.1) is 12.3 Å². The smallest absolute Gasteiger partial charge is 0.321 e. The lowest BCUT2D eigenvalue weighted by molar-refractivity contribution is -0.0292. The Hall–Kier alpha value is -1.30. The third kappa shape index (κ3) is 3.79. The summed E-state index contributed by atoms with van der Waals surface area (Å²) in [7, 11) is 0. The number of benzene rings is 1. The number of halogens is 1. The number of rotatable bonds is 1. The maximum Gasteiger partial charge on any atom is 0.321 e. The summed E-state index contributed by atoms with van der Waals surface area (Å²) in [5.74, 6) is 0. The van der Waals surface area contributed by atoms with E-state index in [4.69, 9.17) is 21.1 Å². The van der Waals surface area contributed by atoms with E-state index in [1.54, 1.807) is 6.07 Å². The predicted molar refractivity (Wildman–Crippen MR) is 90.1 cm³/mol. The van der Waals surface area contributed by atoms with Gasteiger partial charge < -0.3 is 19.7 Å². The van der Waals surface area contributed by atoms with E-state index >= 15 is 0 Å². The third-order valence-corrected chi connectivity index (χ3v) is 5.05. The number of hydrogen-bond acceptors (Lipinski definition) is 3. The van der Waals surface area contributed by atoms with E-state index in [-0.39, 0.29) is 11.4 Å². The van der Waals surface area contributed by atoms with Gasteiger partial charge in [0.15, 0.2) is 0 Å². The third-order valence-electron chi connectivity index (χ3n) is 4.73. The van der Waals surface area contributed by atoms with Crippen LogP contribution in [0.2, 0.25) is 5.02 Å². The van der Waals surface area contributed by atoms with Crippen LogP contribution in [0.5, 0.6) is 0 Å². The second-order valence-corrected chi connectivity index (χ2v) is 6.86. The number of aryl methyl sites for hydroxylation is 1. The minimum Gasteiger partial charge on any atom is -0.381 e. The molecule has 6 heteroatoms. The van der Waals surface area contributed by atoms with Gasteiger partial charge in [0.1, 0.15) is 0 Å². The molecule has 0 bridgehead atoms. The number of urea groups is 1. The van der Waals surface area contributed by atoms with E-state index < -0.39 is 0 Å². The summed E-state index contributed by atoms with van der Waals surface area (Å²) < 4.78 is 11.2. The van der Waals surface area contributed by atoms with E-state index in [0.29, 0.717) is 37.0 Å². The van der Waals surface area contributed by atoms with Crippen LogP contribution >= 0.6 is 11.6 Å². The second kappa shape index (κ2) is 7.07. The predicted octanol–water partition coefficient (Wildman–Crippen LogP) is 3.31. The number of nitrogens with zero attached hydrogens (tertiary/aromatic N) is 1. The summed E-state index contributed by atoms with van der Waals surface area (Å²) in [5, 5.41) is 3.53. The number of hydrogen-bond donors (Lipinski definition) is 1. The van der Waals surface area contributed by atoms with Crippen LogP contribution in [-0.4, -0.2) is 50.4 Å². The minimum absolute atomic E-state index is 0.0155. The van der Waals surface area contributed by atoms with Crippen molar-refractivity contribution in [2.24, 2.45) is 5.41 Å². The average molecular weight is 339 g/mol. The molecule has 2 aliphatic heterocycles. The van der Waals surface area contributed by atoms with Crippen molar-refractivity contribution in [2.45, 2.75) is 19.8 Å². The summed E-state index contributed by atoms with van der Waals surface area (Å²) in [6.45, 7) is 5.98. The Morgan fingerprint density at radius 2 is 2.04 bits per heavy atom. The van der Waals surface area contributed by atoms with E-state index in [9.17, 15) is 4.79 Å². The summed E-state index contributed by atoms with van der Waals surface area (Å²) >= 11 is 6.21. The molecule has 23 heavy (non-hydrogen) atoms. The van der Waals surface area contributed by atoms with Crippen molar-refractivity contribution in [3.05, 3.63) is 28.8 Å². The van der Waals surface area contributed by atoms with Crippen molar-refractivity contribution in [1.29, 1.82) is 0 Å². The summed E-state index contributed by atoms with van der Waals surface area (Å²) in [6.07, 6.45) is 1.86. The van der Waals surface area contributed by atoms with E-state index in [1.807, 2.05) is 24.0 Å². The van der Waals surface area contributed by atoms with Crippen LogP contribution in [0.25, 0.3) is 0 Å². The monoisotopic (exact) mass is 338 g/mol. The van der Waals surface area contributed by atoms with Gasteiger partial charge in [-0.15, -0.1) is 0 Å². The number of ether oxygens (including phenoxy) is 2. The van der Waals surface area contributed by atoms with E-state index in [1.165, 1.54) is 0 Å². The molecule has 2 amide bonds. The molecule has 5 nitrogen and oxygen atoms in total. The molecule has 2 heterocycles. The Bertz CT molecular complexity index is 553. The second-order valence-electron chi connectivity index (χ2n) is 6.45. The first-order valence-corrected chi connectivity index (χ1v) is 8.44. The van der Waals surface area contributed by atoms with Crippen LogP contribution in [-0.2, 0) is 9.47 Å². The van der Waals surface area contributed by atoms with Crippen molar-refractivity contribution in [2.75, 3.05) is 44.8 Å². The number of carbonyl (C=O) groups excluding carboxylic acids is 1. The molecule has 0 radical (unpaired) electrons. The van der Waals surface area contributed by atoms with Crippen molar-refractivity contribution in [3.63, 3.8) is 0 Å². The van der Waals surface area contributed by atoms with E-state index in [2.05, 4.69) is 5.32 Å². The lowest BCUT2D eigenvalue weighted by atomic mass is 9.80. The summed E-state index contributed by atoms with van der Waals surface area (Å²) in [5.41, 5.74) is 1.66. The molecule has 126 valence electrons. The highest BCUT2D eigenvalue weighted by molar-refractivity contribution is 6.33. The fourth-order valence-electron chi connectivity index (χ4n) is 3.25. The molecule has 1 spiro atoms. The first-order chi connectivity index (χ1) is 11.1. The van der Waals surface area contributed by atoms with Crippen LogP contribution in [0.4, 0.5) is 10.5 Å². The number of carbonyl (C=O) groups is 1. The first-order valence-electron chi connectivity index (χ1n) is 8.06. The highest BCUT2D eigenvalue weighted by Gasteiger charge is 2.38. The first kappa shape index (κ1) is 16.6. The van der Waals surface area contributed by atoms with Crippen LogP contribution < -0.4 is 5.32 Å². The molecular weight excluding hydrogens is 316 g/mol. The van der Waals surface area contributed by atoms with Gasteiger partial charge in [-0.2, -0.15) is 0 Å². The number of anilines is 1. The fraction of sp³-hybridized carbons (Fsp3) is 0.588. The lowest BCUT2D eigenvalue weighted by Crippen LogP contribution is -2.46. The van der Waals surface area contributed by atoms with Gasteiger partial charge in [-0.1, -0.05) is 23.7 Å². The molecule has 0 atom stereocenters. The standard InChI is InChI=1S/C17H23ClN2O3/c1-13-3-2-4-14(18)15(13)19-16(21)20-7-10-23-12-17(11-20)5-8-22-9-6-17/h2-4H,5-12H2,1H3,(H,19,21). The van der Waals surface area contributed by atoms with Gasteiger partial charge in [-0.25, -0.2) is 4.79 Å². The Balaban J connectivity index is 1.73. The zero-order valence-corrected chi connectivity index (χ0v) is 14.2. The molecule has 0 aromatic heterocycles. The van der Waals surface area contributed by atoms with Gasteiger partial charge in [0, 0.05) is 31.7 Å². The molecular formula is C17H23ClN2O3. The lowest BCUT2D eigenvalue weighted by Gasteiger charge is -2.38. The normalized spacial score (nSPS) is 21.0. The van der Waals surface area contributed by atoms with Crippen molar-refractivity contribution < 1.29 is 14.3 Å². The Kier molecular flexibility index (Phi) is 5.09. The summed E-state index contributed by atoms with van der Waals surface area (Å²) in [4.78, 5) is 14.6. The molecule has 1 N–H and O–H groups in total. The minimum atomic E-state index is -0.113. The van der Waals surface area contributed by atoms with Crippen LogP contribution in [0.15, 0.2) is 18.2 Å². The quantitative estimate of drug-likeness (QED) is 0.854. The number of nitrogens with one attached hydrogen (secondary N) is 1. The van der Waals surface area contributed by atoms with Crippen LogP contribution in [0.1, 0.15) is 18.4 Å². The van der Waals surface area contributed by atoms with Gasteiger partial charge in [-0.05, 0) is 31.4 Å². The van der Waals surface area contributed by atoms with Gasteiger partial charge >= 0.3 is 6.03 Å². The van der Waals surface area contributed by atoms with Gasteiger partial charge in [0.25, 0.3) is 0 Å². The zero-order valence-electron chi connectivity index (χ0n) is 13.4. The molecule has 3 rings (SSSR count). The Morgan fingerprint density at radius 3 is 2.78 bits per heavy atom. The highest BCUT2D eigenvalue weighted by Crippen LogP contribution is 2.34. The Morgan fingerprint density at radius 1 is 1.26 bits per heavy atom. The van der Waals surface area contributed by atoms with Gasteiger partial charge in [-0.3, -0.25) is 0 Å². The molecule has 0 aliphatic carbocycles. The van der Waals surface area contributed by atoms with Crippen molar-refractivity contribution in [3.8, 4) is 0 Å². The Labute approximate surface area is 141 Å². The topological polar surface area (TPSA) is 50.8 Å². The van der Waals surface area contributed by atoms with Crippen molar-refractivity contribution >= 4 is 23.3 Å². The fourth-order valence-corrected chi connectivity index (χ4v) is 3.52. The average Bonchev–Trinajstić information content (AvgIpc) is 2.74. The largest absolute Gasteiger partial charge is 0.381 e. The molecule has 0 saturated carbocycles. The highest BCUT2D eigenvalue weighted by atomic mass is 35.5. The van der Waals surface area contributed by atoms with Crippen LogP contribution in [0.3, 0.4) is 0 Å². The van der Waals surface area contributed by atoms with Crippen molar-refractivity contribution in [1.82, 2.24) is 4.90 Å². The maximum atomic E-state index is 12.7. The molecule has 1 aromatic rings. The van der Waals surface area contributed by atoms with Gasteiger partial charge in [0.2, 0.25) is 0 Å². The molecule has 1 aromatic carbocycles. The molecule has 2 aliphatic rings. The molecule has 2 fully saturated rings. The number of amides is 2. The summed E-state index contributed by atoms with van der Waals surface area (Å²) in [6, 6.07) is 5.49. The molecule has 2 saturated heterocycles. The van der Waals surface area contributed by atoms with Gasteiger partial charge in [0.05, 0.1) is 23.9 Å². The SMILES string of the molecule is Cc1cccc(Cl)c1NC(=O)N1CCOCC2(CCOCC2)C1. The number of para-hydroxylation sites is 1. The maximum absolute atomic E-state index is 12.7. The zero-order chi connectivity index (χ0) is 16.3.